The van der Waals surface area contributed by atoms with E-state index in [1.807, 2.05) is 6.07 Å². The van der Waals surface area contributed by atoms with Gasteiger partial charge in [-0.05, 0) is 12.5 Å². The molecule has 0 aromatic heterocycles. The van der Waals surface area contributed by atoms with Crippen LogP contribution >= 0.6 is 0 Å². The van der Waals surface area contributed by atoms with Crippen LogP contribution in [0, 0.1) is 0 Å². The predicted molar refractivity (Wildman–Crippen MR) is 60.9 cm³/mol. The van der Waals surface area contributed by atoms with Crippen LogP contribution in [0.1, 0.15) is 12.5 Å². The molecular formula is C12H17F2NO2. The van der Waals surface area contributed by atoms with Gasteiger partial charge >= 0.3 is 0 Å². The van der Waals surface area contributed by atoms with Gasteiger partial charge in [-0.1, -0.05) is 30.3 Å². The maximum absolute atomic E-state index is 12.0. The first-order chi connectivity index (χ1) is 7.93. The summed E-state index contributed by atoms with van der Waals surface area (Å²) in [5.74, 6) is 0. The fraction of sp³-hybridized carbons (Fsp3) is 0.500. The smallest absolute Gasteiger partial charge is 0.265 e. The van der Waals surface area contributed by atoms with E-state index in [0.717, 1.165) is 0 Å². The Morgan fingerprint density at radius 2 is 1.88 bits per heavy atom. The standard InChI is InChI=1S/C12H17F2NO2/c1-12(17,9-5-3-2-4-6-9)8-15-7-10(16)11(13)14/h2-6,10-11,15-17H,7-8H2,1H3. The van der Waals surface area contributed by atoms with Crippen LogP contribution in [-0.2, 0) is 5.60 Å². The molecule has 0 fully saturated rings. The maximum Gasteiger partial charge on any atom is 0.265 e. The zero-order valence-corrected chi connectivity index (χ0v) is 9.61. The Balaban J connectivity index is 2.46. The second kappa shape index (κ2) is 6.05. The Labute approximate surface area is 99.1 Å². The molecule has 0 radical (unpaired) electrons. The molecule has 0 aliphatic carbocycles. The molecule has 96 valence electrons. The van der Waals surface area contributed by atoms with Gasteiger partial charge in [0.15, 0.2) is 0 Å². The van der Waals surface area contributed by atoms with Gasteiger partial charge in [-0.2, -0.15) is 0 Å². The zero-order chi connectivity index (χ0) is 12.9. The van der Waals surface area contributed by atoms with E-state index in [-0.39, 0.29) is 13.1 Å². The van der Waals surface area contributed by atoms with Crippen molar-refractivity contribution in [3.63, 3.8) is 0 Å². The summed E-state index contributed by atoms with van der Waals surface area (Å²) in [6.45, 7) is 1.44. The Morgan fingerprint density at radius 3 is 2.41 bits per heavy atom. The van der Waals surface area contributed by atoms with Crippen molar-refractivity contribution in [1.82, 2.24) is 5.32 Å². The summed E-state index contributed by atoms with van der Waals surface area (Å²) >= 11 is 0. The van der Waals surface area contributed by atoms with Crippen LogP contribution in [0.3, 0.4) is 0 Å². The molecule has 0 heterocycles. The summed E-state index contributed by atoms with van der Waals surface area (Å²) in [6, 6.07) is 8.92. The minimum Gasteiger partial charge on any atom is -0.386 e. The third kappa shape index (κ3) is 4.38. The van der Waals surface area contributed by atoms with Gasteiger partial charge in [-0.25, -0.2) is 8.78 Å². The number of halogens is 2. The number of hydrogen-bond acceptors (Lipinski definition) is 3. The number of benzene rings is 1. The lowest BCUT2D eigenvalue weighted by Crippen LogP contribution is -2.40. The van der Waals surface area contributed by atoms with Gasteiger partial charge in [0, 0.05) is 13.1 Å². The summed E-state index contributed by atoms with van der Waals surface area (Å²) < 4.78 is 24.0. The van der Waals surface area contributed by atoms with Crippen molar-refractivity contribution in [3.05, 3.63) is 35.9 Å². The lowest BCUT2D eigenvalue weighted by atomic mass is 9.96. The summed E-state index contributed by atoms with van der Waals surface area (Å²) in [7, 11) is 0. The monoisotopic (exact) mass is 245 g/mol. The van der Waals surface area contributed by atoms with Crippen LogP contribution in [0.4, 0.5) is 8.78 Å². The molecule has 1 rings (SSSR count). The first-order valence-electron chi connectivity index (χ1n) is 5.38. The molecule has 1 aromatic rings. The van der Waals surface area contributed by atoms with E-state index in [1.165, 1.54) is 0 Å². The second-order valence-corrected chi connectivity index (χ2v) is 4.17. The fourth-order valence-electron chi connectivity index (χ4n) is 1.45. The lowest BCUT2D eigenvalue weighted by Gasteiger charge is -2.25. The van der Waals surface area contributed by atoms with Gasteiger partial charge in [0.2, 0.25) is 0 Å². The van der Waals surface area contributed by atoms with E-state index in [9.17, 15) is 13.9 Å². The van der Waals surface area contributed by atoms with E-state index in [4.69, 9.17) is 5.11 Å². The molecule has 2 unspecified atom stereocenters. The van der Waals surface area contributed by atoms with Gasteiger partial charge < -0.3 is 15.5 Å². The molecule has 2 atom stereocenters. The molecule has 1 aromatic carbocycles. The van der Waals surface area contributed by atoms with E-state index in [1.54, 1.807) is 31.2 Å². The average molecular weight is 245 g/mol. The molecule has 0 amide bonds. The molecule has 0 saturated heterocycles. The Bertz CT molecular complexity index is 331. The maximum atomic E-state index is 12.0. The second-order valence-electron chi connectivity index (χ2n) is 4.17. The van der Waals surface area contributed by atoms with Crippen molar-refractivity contribution in [2.24, 2.45) is 0 Å². The minimum atomic E-state index is -2.77. The molecule has 3 N–H and O–H groups in total. The number of hydrogen-bond donors (Lipinski definition) is 3. The average Bonchev–Trinajstić information content (AvgIpc) is 2.29. The van der Waals surface area contributed by atoms with Crippen molar-refractivity contribution >= 4 is 0 Å². The first kappa shape index (κ1) is 14.0. The van der Waals surface area contributed by atoms with Gasteiger partial charge in [-0.3, -0.25) is 0 Å². The number of aliphatic hydroxyl groups excluding tert-OH is 1. The van der Waals surface area contributed by atoms with E-state index in [2.05, 4.69) is 5.32 Å². The van der Waals surface area contributed by atoms with Crippen molar-refractivity contribution in [1.29, 1.82) is 0 Å². The number of aliphatic hydroxyl groups is 2. The first-order valence-corrected chi connectivity index (χ1v) is 5.38. The molecular weight excluding hydrogens is 228 g/mol. The highest BCUT2D eigenvalue weighted by atomic mass is 19.3. The number of nitrogens with one attached hydrogen (secondary N) is 1. The molecule has 17 heavy (non-hydrogen) atoms. The summed E-state index contributed by atoms with van der Waals surface area (Å²) in [5, 5.41) is 21.6. The third-order valence-corrected chi connectivity index (χ3v) is 2.51. The molecule has 0 aliphatic rings. The van der Waals surface area contributed by atoms with Crippen LogP contribution < -0.4 is 5.32 Å². The Morgan fingerprint density at radius 1 is 1.29 bits per heavy atom. The van der Waals surface area contributed by atoms with E-state index >= 15 is 0 Å². The zero-order valence-electron chi connectivity index (χ0n) is 9.61. The predicted octanol–water partition coefficient (Wildman–Crippen LogP) is 1.11. The molecule has 5 heteroatoms. The largest absolute Gasteiger partial charge is 0.386 e. The van der Waals surface area contributed by atoms with Gasteiger partial charge in [0.05, 0.1) is 5.60 Å². The molecule has 3 nitrogen and oxygen atoms in total. The molecule has 0 bridgehead atoms. The minimum absolute atomic E-state index is 0.0980. The van der Waals surface area contributed by atoms with Crippen LogP contribution in [0.15, 0.2) is 30.3 Å². The van der Waals surface area contributed by atoms with Gasteiger partial charge in [-0.15, -0.1) is 0 Å². The molecule has 0 saturated carbocycles. The highest BCUT2D eigenvalue weighted by Crippen LogP contribution is 2.18. The van der Waals surface area contributed by atoms with Crippen molar-refractivity contribution in [3.8, 4) is 0 Å². The van der Waals surface area contributed by atoms with Crippen molar-refractivity contribution < 1.29 is 19.0 Å². The van der Waals surface area contributed by atoms with Gasteiger partial charge in [0.1, 0.15) is 6.10 Å². The Hall–Kier alpha value is -1.04. The van der Waals surface area contributed by atoms with E-state index < -0.39 is 18.1 Å². The highest BCUT2D eigenvalue weighted by molar-refractivity contribution is 5.21. The third-order valence-electron chi connectivity index (χ3n) is 2.51. The number of rotatable bonds is 6. The fourth-order valence-corrected chi connectivity index (χ4v) is 1.45. The SMILES string of the molecule is CC(O)(CNCC(O)C(F)F)c1ccccc1. The van der Waals surface area contributed by atoms with Gasteiger partial charge in [0.25, 0.3) is 6.43 Å². The van der Waals surface area contributed by atoms with Crippen LogP contribution in [0.5, 0.6) is 0 Å². The van der Waals surface area contributed by atoms with Crippen molar-refractivity contribution in [2.75, 3.05) is 13.1 Å². The topological polar surface area (TPSA) is 52.5 Å². The highest BCUT2D eigenvalue weighted by Gasteiger charge is 2.23. The van der Waals surface area contributed by atoms with Crippen LogP contribution in [0.25, 0.3) is 0 Å². The Kier molecular flexibility index (Phi) is 4.99. The number of alkyl halides is 2. The summed E-state index contributed by atoms with van der Waals surface area (Å²) in [5.41, 5.74) is -0.456. The quantitative estimate of drug-likeness (QED) is 0.703. The van der Waals surface area contributed by atoms with E-state index in [0.29, 0.717) is 5.56 Å². The normalized spacial score (nSPS) is 16.8. The summed E-state index contributed by atoms with van der Waals surface area (Å²) in [4.78, 5) is 0. The summed E-state index contributed by atoms with van der Waals surface area (Å²) in [6.07, 6.45) is -4.48. The van der Waals surface area contributed by atoms with Crippen molar-refractivity contribution in [2.45, 2.75) is 25.1 Å². The lowest BCUT2D eigenvalue weighted by molar-refractivity contribution is -0.00893. The van der Waals surface area contributed by atoms with Crippen LogP contribution in [-0.4, -0.2) is 35.8 Å². The van der Waals surface area contributed by atoms with Crippen LogP contribution in [0.2, 0.25) is 0 Å². The molecule has 0 aliphatic heterocycles. The molecule has 0 spiro atoms.